The summed E-state index contributed by atoms with van der Waals surface area (Å²) in [6, 6.07) is 8.28. The summed E-state index contributed by atoms with van der Waals surface area (Å²) in [5, 5.41) is 2.97. The van der Waals surface area contributed by atoms with Crippen molar-refractivity contribution in [2.75, 3.05) is 13.1 Å². The van der Waals surface area contributed by atoms with E-state index in [2.05, 4.69) is 42.3 Å². The van der Waals surface area contributed by atoms with Crippen molar-refractivity contribution >= 4 is 5.91 Å². The number of amides is 1. The number of nitrogens with two attached hydrogens (primary N) is 1. The largest absolute Gasteiger partial charge is 0.350 e. The molecule has 20 heavy (non-hydrogen) atoms. The SMILES string of the molecule is CCN(CC)Cc1ccccc1CNC(=O)C1(N)CC1. The van der Waals surface area contributed by atoms with Crippen molar-refractivity contribution in [2.45, 2.75) is 45.3 Å². The van der Waals surface area contributed by atoms with Crippen LogP contribution in [0.1, 0.15) is 37.8 Å². The minimum Gasteiger partial charge on any atom is -0.350 e. The van der Waals surface area contributed by atoms with Crippen LogP contribution in [0.4, 0.5) is 0 Å². The molecule has 0 radical (unpaired) electrons. The zero-order chi connectivity index (χ0) is 14.6. The highest BCUT2D eigenvalue weighted by molar-refractivity contribution is 5.88. The molecule has 0 spiro atoms. The summed E-state index contributed by atoms with van der Waals surface area (Å²) in [6.07, 6.45) is 1.61. The van der Waals surface area contributed by atoms with Gasteiger partial charge in [-0.05, 0) is 37.1 Å². The first-order valence-electron chi connectivity index (χ1n) is 7.45. The molecule has 1 aliphatic carbocycles. The number of benzene rings is 1. The molecule has 1 aromatic rings. The molecule has 0 aromatic heterocycles. The van der Waals surface area contributed by atoms with E-state index in [1.165, 1.54) is 11.1 Å². The lowest BCUT2D eigenvalue weighted by atomic mass is 10.1. The fourth-order valence-corrected chi connectivity index (χ4v) is 2.29. The third kappa shape index (κ3) is 3.58. The van der Waals surface area contributed by atoms with E-state index in [4.69, 9.17) is 5.73 Å². The molecule has 0 saturated heterocycles. The van der Waals surface area contributed by atoms with Gasteiger partial charge >= 0.3 is 0 Å². The summed E-state index contributed by atoms with van der Waals surface area (Å²) in [5.41, 5.74) is 7.76. The van der Waals surface area contributed by atoms with Crippen molar-refractivity contribution in [1.82, 2.24) is 10.2 Å². The van der Waals surface area contributed by atoms with Crippen LogP contribution in [-0.4, -0.2) is 29.4 Å². The molecule has 110 valence electrons. The fourth-order valence-electron chi connectivity index (χ4n) is 2.29. The van der Waals surface area contributed by atoms with Gasteiger partial charge in [-0.15, -0.1) is 0 Å². The highest BCUT2D eigenvalue weighted by atomic mass is 16.2. The lowest BCUT2D eigenvalue weighted by Gasteiger charge is -2.20. The van der Waals surface area contributed by atoms with Gasteiger partial charge in [-0.3, -0.25) is 9.69 Å². The molecule has 0 unspecified atom stereocenters. The Hall–Kier alpha value is -1.39. The minimum atomic E-state index is -0.589. The van der Waals surface area contributed by atoms with E-state index in [-0.39, 0.29) is 5.91 Å². The average molecular weight is 275 g/mol. The van der Waals surface area contributed by atoms with Gasteiger partial charge in [0.1, 0.15) is 0 Å². The number of hydrogen-bond acceptors (Lipinski definition) is 3. The number of nitrogens with zero attached hydrogens (tertiary/aromatic N) is 1. The van der Waals surface area contributed by atoms with Crippen LogP contribution in [0.3, 0.4) is 0 Å². The predicted octanol–water partition coefficient (Wildman–Crippen LogP) is 1.64. The van der Waals surface area contributed by atoms with Gasteiger partial charge in [0, 0.05) is 13.1 Å². The van der Waals surface area contributed by atoms with Crippen LogP contribution in [0, 0.1) is 0 Å². The van der Waals surface area contributed by atoms with Crippen molar-refractivity contribution in [3.05, 3.63) is 35.4 Å². The predicted molar refractivity (Wildman–Crippen MR) is 81.1 cm³/mol. The zero-order valence-corrected chi connectivity index (χ0v) is 12.5. The molecule has 1 amide bonds. The van der Waals surface area contributed by atoms with Crippen molar-refractivity contribution in [2.24, 2.45) is 5.73 Å². The molecule has 0 aliphatic heterocycles. The Morgan fingerprint density at radius 1 is 1.25 bits per heavy atom. The molecular weight excluding hydrogens is 250 g/mol. The van der Waals surface area contributed by atoms with Crippen molar-refractivity contribution in [3.8, 4) is 0 Å². The lowest BCUT2D eigenvalue weighted by Crippen LogP contribution is -2.42. The lowest BCUT2D eigenvalue weighted by molar-refractivity contribution is -0.123. The quantitative estimate of drug-likeness (QED) is 0.795. The Kier molecular flexibility index (Phi) is 4.78. The van der Waals surface area contributed by atoms with Crippen molar-refractivity contribution in [1.29, 1.82) is 0 Å². The van der Waals surface area contributed by atoms with Crippen LogP contribution >= 0.6 is 0 Å². The summed E-state index contributed by atoms with van der Waals surface area (Å²) in [5.74, 6) is -0.0184. The van der Waals surface area contributed by atoms with Crippen LogP contribution < -0.4 is 11.1 Å². The van der Waals surface area contributed by atoms with Gasteiger partial charge in [0.25, 0.3) is 0 Å². The molecular formula is C16H25N3O. The second-order valence-electron chi connectivity index (χ2n) is 5.57. The first-order chi connectivity index (χ1) is 9.59. The van der Waals surface area contributed by atoms with E-state index in [9.17, 15) is 4.79 Å². The van der Waals surface area contributed by atoms with E-state index in [1.807, 2.05) is 6.07 Å². The van der Waals surface area contributed by atoms with E-state index >= 15 is 0 Å². The first kappa shape index (κ1) is 15.0. The Morgan fingerprint density at radius 2 is 1.85 bits per heavy atom. The number of hydrogen-bond donors (Lipinski definition) is 2. The number of carbonyl (C=O) groups is 1. The van der Waals surface area contributed by atoms with Crippen LogP contribution in [0.2, 0.25) is 0 Å². The minimum absolute atomic E-state index is 0.0184. The highest BCUT2D eigenvalue weighted by Gasteiger charge is 2.45. The molecule has 3 N–H and O–H groups in total. The first-order valence-corrected chi connectivity index (χ1v) is 7.45. The van der Waals surface area contributed by atoms with Gasteiger partial charge in [-0.1, -0.05) is 38.1 Å². The summed E-state index contributed by atoms with van der Waals surface area (Å²) in [4.78, 5) is 14.3. The van der Waals surface area contributed by atoms with Gasteiger partial charge in [0.2, 0.25) is 5.91 Å². The zero-order valence-electron chi connectivity index (χ0n) is 12.5. The molecule has 4 nitrogen and oxygen atoms in total. The average Bonchev–Trinajstić information content (AvgIpc) is 3.22. The molecule has 2 rings (SSSR count). The number of carbonyl (C=O) groups excluding carboxylic acids is 1. The Bertz CT molecular complexity index is 465. The van der Waals surface area contributed by atoms with Gasteiger partial charge < -0.3 is 11.1 Å². The molecule has 0 bridgehead atoms. The Morgan fingerprint density at radius 3 is 2.40 bits per heavy atom. The maximum atomic E-state index is 11.9. The van der Waals surface area contributed by atoms with E-state index in [0.717, 1.165) is 32.5 Å². The highest BCUT2D eigenvalue weighted by Crippen LogP contribution is 2.32. The van der Waals surface area contributed by atoms with Crippen LogP contribution in [0.25, 0.3) is 0 Å². The van der Waals surface area contributed by atoms with Crippen LogP contribution in [0.5, 0.6) is 0 Å². The molecule has 1 fully saturated rings. The van der Waals surface area contributed by atoms with Crippen molar-refractivity contribution < 1.29 is 4.79 Å². The van der Waals surface area contributed by atoms with Gasteiger partial charge in [-0.2, -0.15) is 0 Å². The third-order valence-corrected chi connectivity index (χ3v) is 4.09. The van der Waals surface area contributed by atoms with Gasteiger partial charge in [-0.25, -0.2) is 0 Å². The second kappa shape index (κ2) is 6.37. The summed E-state index contributed by atoms with van der Waals surface area (Å²) >= 11 is 0. The van der Waals surface area contributed by atoms with E-state index < -0.39 is 5.54 Å². The molecule has 4 heteroatoms. The molecule has 1 saturated carbocycles. The second-order valence-corrected chi connectivity index (χ2v) is 5.57. The third-order valence-electron chi connectivity index (χ3n) is 4.09. The Labute approximate surface area is 121 Å². The summed E-state index contributed by atoms with van der Waals surface area (Å²) in [7, 11) is 0. The van der Waals surface area contributed by atoms with E-state index in [1.54, 1.807) is 0 Å². The smallest absolute Gasteiger partial charge is 0.240 e. The van der Waals surface area contributed by atoms with Crippen LogP contribution in [0.15, 0.2) is 24.3 Å². The maximum Gasteiger partial charge on any atom is 0.240 e. The monoisotopic (exact) mass is 275 g/mol. The molecule has 0 atom stereocenters. The van der Waals surface area contributed by atoms with Gasteiger partial charge in [0.05, 0.1) is 5.54 Å². The summed E-state index contributed by atoms with van der Waals surface area (Å²) < 4.78 is 0. The molecule has 1 aromatic carbocycles. The molecule has 1 aliphatic rings. The van der Waals surface area contributed by atoms with Gasteiger partial charge in [0.15, 0.2) is 0 Å². The number of nitrogens with one attached hydrogen (secondary N) is 1. The normalized spacial score (nSPS) is 16.2. The van der Waals surface area contributed by atoms with Crippen molar-refractivity contribution in [3.63, 3.8) is 0 Å². The molecule has 0 heterocycles. The fraction of sp³-hybridized carbons (Fsp3) is 0.562. The van der Waals surface area contributed by atoms with E-state index in [0.29, 0.717) is 6.54 Å². The maximum absolute atomic E-state index is 11.9. The standard InChI is InChI=1S/C16H25N3O/c1-3-19(4-2)12-14-8-6-5-7-13(14)11-18-15(20)16(17)9-10-16/h5-8H,3-4,9-12,17H2,1-2H3,(H,18,20). The topological polar surface area (TPSA) is 58.4 Å². The number of rotatable bonds is 7. The van der Waals surface area contributed by atoms with Crippen LogP contribution in [-0.2, 0) is 17.9 Å². The Balaban J connectivity index is 1.98. The summed E-state index contributed by atoms with van der Waals surface area (Å²) in [6.45, 7) is 7.88.